The van der Waals surface area contributed by atoms with Gasteiger partial charge in [0.25, 0.3) is 0 Å². The SMILES string of the molecule is C[C@@H](NC(=O)CCSc1ccc2c(c1)OCCO2)c1cccc(OC(F)F)c1. The number of rotatable bonds is 8. The molecule has 0 fully saturated rings. The fraction of sp³-hybridized carbons (Fsp3) is 0.350. The van der Waals surface area contributed by atoms with E-state index in [1.165, 1.54) is 12.1 Å². The zero-order chi connectivity index (χ0) is 19.9. The Balaban J connectivity index is 1.46. The smallest absolute Gasteiger partial charge is 0.387 e. The molecule has 0 spiro atoms. The number of halogens is 2. The van der Waals surface area contributed by atoms with E-state index in [-0.39, 0.29) is 17.7 Å². The molecule has 2 aromatic carbocycles. The summed E-state index contributed by atoms with van der Waals surface area (Å²) in [5.41, 5.74) is 0.700. The first-order valence-electron chi connectivity index (χ1n) is 8.88. The first kappa shape index (κ1) is 20.3. The van der Waals surface area contributed by atoms with Crippen molar-refractivity contribution < 1.29 is 27.8 Å². The lowest BCUT2D eigenvalue weighted by Crippen LogP contribution is -2.26. The predicted molar refractivity (Wildman–Crippen MR) is 102 cm³/mol. The summed E-state index contributed by atoms with van der Waals surface area (Å²) < 4.78 is 40.1. The van der Waals surface area contributed by atoms with Gasteiger partial charge in [0.1, 0.15) is 19.0 Å². The number of thioether (sulfide) groups is 1. The van der Waals surface area contributed by atoms with Crippen LogP contribution in [0.3, 0.4) is 0 Å². The summed E-state index contributed by atoms with van der Waals surface area (Å²) >= 11 is 1.55. The van der Waals surface area contributed by atoms with Crippen molar-refractivity contribution in [3.63, 3.8) is 0 Å². The Morgan fingerprint density at radius 3 is 2.75 bits per heavy atom. The maximum absolute atomic E-state index is 12.3. The molecule has 150 valence electrons. The second-order valence-corrected chi connectivity index (χ2v) is 7.31. The summed E-state index contributed by atoms with van der Waals surface area (Å²) in [5, 5.41) is 2.87. The van der Waals surface area contributed by atoms with Gasteiger partial charge in [0.05, 0.1) is 6.04 Å². The van der Waals surface area contributed by atoms with E-state index in [2.05, 4.69) is 10.1 Å². The fourth-order valence-corrected chi connectivity index (χ4v) is 3.61. The average molecular weight is 409 g/mol. The van der Waals surface area contributed by atoms with Crippen LogP contribution in [0.2, 0.25) is 0 Å². The van der Waals surface area contributed by atoms with Crippen LogP contribution in [0.4, 0.5) is 8.78 Å². The number of alkyl halides is 2. The molecule has 0 unspecified atom stereocenters. The Hall–Kier alpha value is -2.48. The first-order chi connectivity index (χ1) is 13.5. The van der Waals surface area contributed by atoms with E-state index in [0.717, 1.165) is 16.4 Å². The number of ether oxygens (including phenoxy) is 3. The molecule has 0 bridgehead atoms. The maximum atomic E-state index is 12.3. The molecular formula is C20H21F2NO4S. The minimum atomic E-state index is -2.88. The van der Waals surface area contributed by atoms with Crippen molar-refractivity contribution >= 4 is 17.7 Å². The van der Waals surface area contributed by atoms with Gasteiger partial charge in [0.2, 0.25) is 5.91 Å². The number of carbonyl (C=O) groups is 1. The van der Waals surface area contributed by atoms with E-state index in [4.69, 9.17) is 9.47 Å². The number of hydrogen-bond acceptors (Lipinski definition) is 5. The van der Waals surface area contributed by atoms with E-state index in [1.54, 1.807) is 30.8 Å². The van der Waals surface area contributed by atoms with Crippen molar-refractivity contribution in [2.24, 2.45) is 0 Å². The Bertz CT molecular complexity index is 819. The molecule has 28 heavy (non-hydrogen) atoms. The van der Waals surface area contributed by atoms with E-state index in [1.807, 2.05) is 18.2 Å². The molecule has 5 nitrogen and oxygen atoms in total. The van der Waals surface area contributed by atoms with Gasteiger partial charge in [0.15, 0.2) is 11.5 Å². The van der Waals surface area contributed by atoms with Crippen molar-refractivity contribution in [3.8, 4) is 17.2 Å². The van der Waals surface area contributed by atoms with Crippen LogP contribution in [0.5, 0.6) is 17.2 Å². The Labute approximate surface area is 166 Å². The lowest BCUT2D eigenvalue weighted by Gasteiger charge is -2.18. The molecule has 1 heterocycles. The molecular weight excluding hydrogens is 388 g/mol. The Kier molecular flexibility index (Phi) is 6.97. The highest BCUT2D eigenvalue weighted by Gasteiger charge is 2.14. The largest absolute Gasteiger partial charge is 0.486 e. The second kappa shape index (κ2) is 9.64. The first-order valence-corrected chi connectivity index (χ1v) is 9.86. The summed E-state index contributed by atoms with van der Waals surface area (Å²) in [5.74, 6) is 2.02. The summed E-state index contributed by atoms with van der Waals surface area (Å²) in [6.45, 7) is 0.00517. The number of carbonyl (C=O) groups excluding carboxylic acids is 1. The Morgan fingerprint density at radius 1 is 1.18 bits per heavy atom. The van der Waals surface area contributed by atoms with Crippen LogP contribution in [0.25, 0.3) is 0 Å². The van der Waals surface area contributed by atoms with Crippen molar-refractivity contribution in [2.75, 3.05) is 19.0 Å². The van der Waals surface area contributed by atoms with Gasteiger partial charge in [-0.1, -0.05) is 12.1 Å². The number of amides is 1. The summed E-state index contributed by atoms with van der Waals surface area (Å²) in [4.78, 5) is 13.2. The molecule has 1 aliphatic heterocycles. The predicted octanol–water partition coefficient (Wildman–Crippen LogP) is 4.42. The van der Waals surface area contributed by atoms with Gasteiger partial charge in [-0.05, 0) is 42.8 Å². The molecule has 0 aliphatic carbocycles. The van der Waals surface area contributed by atoms with E-state index in [0.29, 0.717) is 31.0 Å². The lowest BCUT2D eigenvalue weighted by molar-refractivity contribution is -0.121. The van der Waals surface area contributed by atoms with E-state index in [9.17, 15) is 13.6 Å². The van der Waals surface area contributed by atoms with Crippen LogP contribution in [0.15, 0.2) is 47.4 Å². The van der Waals surface area contributed by atoms with Crippen molar-refractivity contribution in [3.05, 3.63) is 48.0 Å². The molecule has 1 amide bonds. The fourth-order valence-electron chi connectivity index (χ4n) is 2.73. The van der Waals surface area contributed by atoms with Gasteiger partial charge in [-0.3, -0.25) is 4.79 Å². The average Bonchev–Trinajstić information content (AvgIpc) is 2.67. The molecule has 1 aliphatic rings. The van der Waals surface area contributed by atoms with Crippen molar-refractivity contribution in [2.45, 2.75) is 30.9 Å². The number of fused-ring (bicyclic) bond motifs is 1. The van der Waals surface area contributed by atoms with Crippen LogP contribution in [0, 0.1) is 0 Å². The van der Waals surface area contributed by atoms with Crippen LogP contribution >= 0.6 is 11.8 Å². The molecule has 8 heteroatoms. The highest BCUT2D eigenvalue weighted by molar-refractivity contribution is 7.99. The number of benzene rings is 2. The standard InChI is InChI=1S/C20H21F2NO4S/c1-13(14-3-2-4-15(11-14)27-20(21)22)23-19(24)7-10-28-16-5-6-17-18(12-16)26-9-8-25-17/h2-6,11-13,20H,7-10H2,1H3,(H,23,24)/t13-/m1/s1. The summed E-state index contributed by atoms with van der Waals surface area (Å²) in [6.07, 6.45) is 0.330. The minimum absolute atomic E-state index is 0.0720. The topological polar surface area (TPSA) is 56.8 Å². The quantitative estimate of drug-likeness (QED) is 0.654. The molecule has 1 atom stereocenters. The third-order valence-electron chi connectivity index (χ3n) is 4.07. The van der Waals surface area contributed by atoms with Crippen LogP contribution in [-0.2, 0) is 4.79 Å². The number of hydrogen-bond donors (Lipinski definition) is 1. The van der Waals surface area contributed by atoms with Crippen molar-refractivity contribution in [1.29, 1.82) is 0 Å². The van der Waals surface area contributed by atoms with Gasteiger partial charge in [-0.2, -0.15) is 8.78 Å². The second-order valence-electron chi connectivity index (χ2n) is 6.14. The molecule has 3 rings (SSSR count). The van der Waals surface area contributed by atoms with Gasteiger partial charge < -0.3 is 19.5 Å². The summed E-state index contributed by atoms with van der Waals surface area (Å²) in [6, 6.07) is 11.7. The zero-order valence-corrected chi connectivity index (χ0v) is 16.1. The number of nitrogens with one attached hydrogen (secondary N) is 1. The maximum Gasteiger partial charge on any atom is 0.387 e. The lowest BCUT2D eigenvalue weighted by atomic mass is 10.1. The monoisotopic (exact) mass is 409 g/mol. The molecule has 2 aromatic rings. The van der Waals surface area contributed by atoms with Gasteiger partial charge in [0, 0.05) is 17.1 Å². The van der Waals surface area contributed by atoms with Crippen molar-refractivity contribution in [1.82, 2.24) is 5.32 Å². The third kappa shape index (κ3) is 5.76. The van der Waals surface area contributed by atoms with E-state index >= 15 is 0 Å². The highest BCUT2D eigenvalue weighted by Crippen LogP contribution is 2.34. The molecule has 0 aromatic heterocycles. The van der Waals surface area contributed by atoms with Crippen LogP contribution in [0.1, 0.15) is 24.9 Å². The van der Waals surface area contributed by atoms with E-state index < -0.39 is 6.61 Å². The zero-order valence-electron chi connectivity index (χ0n) is 15.3. The van der Waals surface area contributed by atoms with Crippen LogP contribution < -0.4 is 19.5 Å². The van der Waals surface area contributed by atoms with Gasteiger partial charge in [-0.15, -0.1) is 11.8 Å². The van der Waals surface area contributed by atoms with Gasteiger partial charge in [-0.25, -0.2) is 0 Å². The molecule has 0 saturated heterocycles. The summed E-state index contributed by atoms with van der Waals surface area (Å²) in [7, 11) is 0. The minimum Gasteiger partial charge on any atom is -0.486 e. The Morgan fingerprint density at radius 2 is 1.96 bits per heavy atom. The van der Waals surface area contributed by atoms with Gasteiger partial charge >= 0.3 is 6.61 Å². The molecule has 0 saturated carbocycles. The highest BCUT2D eigenvalue weighted by atomic mass is 32.2. The normalized spacial score (nSPS) is 13.9. The molecule has 0 radical (unpaired) electrons. The van der Waals surface area contributed by atoms with Crippen LogP contribution in [-0.4, -0.2) is 31.5 Å². The third-order valence-corrected chi connectivity index (χ3v) is 5.07. The molecule has 1 N–H and O–H groups in total.